The summed E-state index contributed by atoms with van der Waals surface area (Å²) in [6.07, 6.45) is 2.43. The number of hydrogen-bond donors (Lipinski definition) is 1. The number of likely N-dealkylation sites (N-methyl/N-ethyl adjacent to an activating group) is 1. The third-order valence-electron chi connectivity index (χ3n) is 4.10. The Hall–Kier alpha value is -0.860. The van der Waals surface area contributed by atoms with Crippen LogP contribution in [-0.2, 0) is 0 Å². The first-order chi connectivity index (χ1) is 9.96. The molecule has 0 amide bonds. The van der Waals surface area contributed by atoms with Crippen molar-refractivity contribution in [2.75, 3.05) is 26.7 Å². The van der Waals surface area contributed by atoms with Gasteiger partial charge in [-0.05, 0) is 45.3 Å². The Morgan fingerprint density at radius 3 is 2.19 bits per heavy atom. The van der Waals surface area contributed by atoms with Crippen molar-refractivity contribution in [3.63, 3.8) is 0 Å². The third-order valence-corrected chi connectivity index (χ3v) is 4.10. The highest BCUT2D eigenvalue weighted by Gasteiger charge is 2.15. The Bertz CT molecular complexity index is 394. The average Bonchev–Trinajstić information content (AvgIpc) is 2.42. The molecule has 0 aliphatic heterocycles. The maximum Gasteiger partial charge on any atom is 0.0449 e. The molecule has 0 aromatic heterocycles. The van der Waals surface area contributed by atoms with Gasteiger partial charge in [-0.25, -0.2) is 0 Å². The van der Waals surface area contributed by atoms with Crippen molar-refractivity contribution < 1.29 is 0 Å². The normalized spacial score (nSPS) is 14.4. The van der Waals surface area contributed by atoms with Crippen LogP contribution < -0.4 is 5.32 Å². The third kappa shape index (κ3) is 6.62. The zero-order valence-corrected chi connectivity index (χ0v) is 14.9. The first kappa shape index (κ1) is 18.2. The fourth-order valence-electron chi connectivity index (χ4n) is 2.86. The van der Waals surface area contributed by atoms with Gasteiger partial charge < -0.3 is 10.2 Å². The second-order valence-electron chi connectivity index (χ2n) is 6.66. The summed E-state index contributed by atoms with van der Waals surface area (Å²) >= 11 is 0. The second kappa shape index (κ2) is 9.22. The van der Waals surface area contributed by atoms with Crippen molar-refractivity contribution in [3.8, 4) is 0 Å². The van der Waals surface area contributed by atoms with Gasteiger partial charge in [0.25, 0.3) is 0 Å². The zero-order chi connectivity index (χ0) is 15.8. The van der Waals surface area contributed by atoms with Gasteiger partial charge in [-0.3, -0.25) is 0 Å². The van der Waals surface area contributed by atoms with Gasteiger partial charge in [0.15, 0.2) is 0 Å². The van der Waals surface area contributed by atoms with Crippen molar-refractivity contribution >= 4 is 0 Å². The van der Waals surface area contributed by atoms with Gasteiger partial charge in [0.1, 0.15) is 0 Å². The molecule has 0 bridgehead atoms. The lowest BCUT2D eigenvalue weighted by Crippen LogP contribution is -2.35. The van der Waals surface area contributed by atoms with Crippen molar-refractivity contribution in [1.29, 1.82) is 0 Å². The van der Waals surface area contributed by atoms with Gasteiger partial charge in [-0.2, -0.15) is 0 Å². The smallest absolute Gasteiger partial charge is 0.0449 e. The Kier molecular flexibility index (Phi) is 7.98. The van der Waals surface area contributed by atoms with Gasteiger partial charge in [0.05, 0.1) is 0 Å². The molecule has 1 aromatic rings. The maximum atomic E-state index is 3.72. The van der Waals surface area contributed by atoms with E-state index in [1.54, 1.807) is 0 Å². The SMILES string of the molecule is CCCNC(CN(C)CC(C)CC)c1cc(C)cc(C)c1. The Balaban J connectivity index is 2.79. The molecule has 2 unspecified atom stereocenters. The molecule has 0 fully saturated rings. The molecule has 0 saturated carbocycles. The van der Waals surface area contributed by atoms with Gasteiger partial charge in [-0.15, -0.1) is 0 Å². The molecule has 2 nitrogen and oxygen atoms in total. The van der Waals surface area contributed by atoms with Crippen LogP contribution in [0.2, 0.25) is 0 Å². The van der Waals surface area contributed by atoms with Crippen LogP contribution in [0.25, 0.3) is 0 Å². The van der Waals surface area contributed by atoms with Crippen molar-refractivity contribution in [2.45, 2.75) is 53.5 Å². The number of nitrogens with one attached hydrogen (secondary N) is 1. The summed E-state index contributed by atoms with van der Waals surface area (Å²) in [7, 11) is 2.25. The topological polar surface area (TPSA) is 15.3 Å². The highest BCUT2D eigenvalue weighted by atomic mass is 15.1. The number of rotatable bonds is 9. The van der Waals surface area contributed by atoms with Gasteiger partial charge in [0.2, 0.25) is 0 Å². The predicted molar refractivity (Wildman–Crippen MR) is 93.9 cm³/mol. The van der Waals surface area contributed by atoms with E-state index in [1.807, 2.05) is 0 Å². The monoisotopic (exact) mass is 290 g/mol. The van der Waals surface area contributed by atoms with Gasteiger partial charge in [-0.1, -0.05) is 56.5 Å². The zero-order valence-electron chi connectivity index (χ0n) is 14.9. The molecule has 0 spiro atoms. The number of hydrogen-bond acceptors (Lipinski definition) is 2. The van der Waals surface area contributed by atoms with E-state index in [0.29, 0.717) is 6.04 Å². The average molecular weight is 290 g/mol. The quantitative estimate of drug-likeness (QED) is 0.728. The fourth-order valence-corrected chi connectivity index (χ4v) is 2.86. The van der Waals surface area contributed by atoms with E-state index in [2.05, 4.69) is 70.1 Å². The van der Waals surface area contributed by atoms with Crippen molar-refractivity contribution in [1.82, 2.24) is 10.2 Å². The van der Waals surface area contributed by atoms with E-state index >= 15 is 0 Å². The highest BCUT2D eigenvalue weighted by Crippen LogP contribution is 2.19. The van der Waals surface area contributed by atoms with E-state index in [0.717, 1.165) is 19.0 Å². The lowest BCUT2D eigenvalue weighted by molar-refractivity contribution is 0.252. The number of benzene rings is 1. The summed E-state index contributed by atoms with van der Waals surface area (Å²) in [4.78, 5) is 2.47. The summed E-state index contributed by atoms with van der Waals surface area (Å²) in [5.41, 5.74) is 4.15. The maximum absolute atomic E-state index is 3.72. The van der Waals surface area contributed by atoms with Crippen LogP contribution in [0.3, 0.4) is 0 Å². The molecule has 0 heterocycles. The second-order valence-corrected chi connectivity index (χ2v) is 6.66. The minimum Gasteiger partial charge on any atom is -0.309 e. The minimum atomic E-state index is 0.428. The van der Waals surface area contributed by atoms with Crippen LogP contribution in [0, 0.1) is 19.8 Å². The molecule has 0 aliphatic rings. The van der Waals surface area contributed by atoms with Crippen LogP contribution in [0.15, 0.2) is 18.2 Å². The first-order valence-corrected chi connectivity index (χ1v) is 8.46. The summed E-state index contributed by atoms with van der Waals surface area (Å²) in [5, 5.41) is 3.72. The molecule has 1 rings (SSSR count). The van der Waals surface area contributed by atoms with Crippen LogP contribution in [0.4, 0.5) is 0 Å². The summed E-state index contributed by atoms with van der Waals surface area (Å²) in [6.45, 7) is 14.5. The number of nitrogens with zero attached hydrogens (tertiary/aromatic N) is 1. The van der Waals surface area contributed by atoms with Crippen LogP contribution in [0.1, 0.15) is 56.3 Å². The molecule has 21 heavy (non-hydrogen) atoms. The largest absolute Gasteiger partial charge is 0.309 e. The molecule has 1 aromatic carbocycles. The van der Waals surface area contributed by atoms with Crippen LogP contribution in [0.5, 0.6) is 0 Å². The highest BCUT2D eigenvalue weighted by molar-refractivity contribution is 5.31. The van der Waals surface area contributed by atoms with Crippen molar-refractivity contribution in [2.24, 2.45) is 5.92 Å². The fraction of sp³-hybridized carbons (Fsp3) is 0.684. The first-order valence-electron chi connectivity index (χ1n) is 8.46. The van der Waals surface area contributed by atoms with E-state index in [4.69, 9.17) is 0 Å². The molecule has 1 N–H and O–H groups in total. The summed E-state index contributed by atoms with van der Waals surface area (Å²) in [6, 6.07) is 7.34. The van der Waals surface area contributed by atoms with Crippen LogP contribution in [-0.4, -0.2) is 31.6 Å². The number of aryl methyl sites for hydroxylation is 2. The predicted octanol–water partition coefficient (Wildman–Crippen LogP) is 4.32. The minimum absolute atomic E-state index is 0.428. The molecule has 0 aliphatic carbocycles. The van der Waals surface area contributed by atoms with E-state index < -0.39 is 0 Å². The van der Waals surface area contributed by atoms with E-state index in [9.17, 15) is 0 Å². The molecule has 0 radical (unpaired) electrons. The van der Waals surface area contributed by atoms with Gasteiger partial charge >= 0.3 is 0 Å². The molecule has 120 valence electrons. The molecular formula is C19H34N2. The Labute approximate surface area is 131 Å². The van der Waals surface area contributed by atoms with Gasteiger partial charge in [0, 0.05) is 19.1 Å². The molecule has 2 heteroatoms. The lowest BCUT2D eigenvalue weighted by Gasteiger charge is -2.27. The summed E-state index contributed by atoms with van der Waals surface area (Å²) in [5.74, 6) is 0.765. The molecular weight excluding hydrogens is 256 g/mol. The standard InChI is InChI=1S/C19H34N2/c1-7-9-20-19(14-21(6)13-15(3)8-2)18-11-16(4)10-17(5)12-18/h10-12,15,19-20H,7-9,13-14H2,1-6H3. The van der Waals surface area contributed by atoms with E-state index in [1.165, 1.54) is 36.1 Å². The molecule has 0 saturated heterocycles. The lowest BCUT2D eigenvalue weighted by atomic mass is 10.00. The van der Waals surface area contributed by atoms with Crippen LogP contribution >= 0.6 is 0 Å². The van der Waals surface area contributed by atoms with Crippen molar-refractivity contribution in [3.05, 3.63) is 34.9 Å². The Morgan fingerprint density at radius 2 is 1.67 bits per heavy atom. The summed E-state index contributed by atoms with van der Waals surface area (Å²) < 4.78 is 0. The molecule has 2 atom stereocenters. The Morgan fingerprint density at radius 1 is 1.05 bits per heavy atom. The van der Waals surface area contributed by atoms with E-state index in [-0.39, 0.29) is 0 Å².